The Morgan fingerprint density at radius 3 is 2.70 bits per heavy atom. The third kappa shape index (κ3) is 3.41. The highest BCUT2D eigenvalue weighted by molar-refractivity contribution is 7.12. The number of amides is 1. The Labute approximate surface area is 142 Å². The van der Waals surface area contributed by atoms with Crippen LogP contribution >= 0.6 is 11.3 Å². The molecule has 0 atom stereocenters. The van der Waals surface area contributed by atoms with Crippen molar-refractivity contribution in [2.24, 2.45) is 0 Å². The first-order chi connectivity index (χ1) is 10.8. The molecule has 0 N–H and O–H groups in total. The molecule has 3 rings (SSSR count). The highest BCUT2D eigenvalue weighted by Gasteiger charge is 2.43. The highest BCUT2D eigenvalue weighted by Crippen LogP contribution is 2.44. The number of thiophene rings is 1. The van der Waals surface area contributed by atoms with E-state index in [1.807, 2.05) is 37.0 Å². The van der Waals surface area contributed by atoms with Crippen LogP contribution in [0.2, 0.25) is 0 Å². The van der Waals surface area contributed by atoms with Crippen LogP contribution < -0.4 is 0 Å². The second kappa shape index (κ2) is 6.10. The summed E-state index contributed by atoms with van der Waals surface area (Å²) < 4.78 is 11.7. The van der Waals surface area contributed by atoms with Crippen molar-refractivity contribution in [3.8, 4) is 0 Å². The monoisotopic (exact) mass is 337 g/mol. The zero-order valence-corrected chi connectivity index (χ0v) is 15.4. The number of ether oxygens (including phenoxy) is 2. The topological polar surface area (TPSA) is 38.8 Å². The van der Waals surface area contributed by atoms with Gasteiger partial charge in [-0.15, -0.1) is 11.3 Å². The Hall–Kier alpha value is -1.07. The molecule has 0 saturated carbocycles. The summed E-state index contributed by atoms with van der Waals surface area (Å²) in [4.78, 5) is 17.0. The minimum Gasteiger partial charge on any atom is -0.444 e. The fourth-order valence-corrected chi connectivity index (χ4v) is 4.62. The molecule has 0 aliphatic carbocycles. The number of likely N-dealkylation sites (tertiary alicyclic amines) is 1. The average molecular weight is 337 g/mol. The molecular weight excluding hydrogens is 310 g/mol. The number of carbonyl (C=O) groups excluding carboxylic acids is 1. The Morgan fingerprint density at radius 2 is 2.09 bits per heavy atom. The molecule has 5 heteroatoms. The van der Waals surface area contributed by atoms with Crippen molar-refractivity contribution in [3.05, 3.63) is 21.4 Å². The smallest absolute Gasteiger partial charge is 0.410 e. The number of nitrogens with zero attached hydrogens (tertiary/aromatic N) is 1. The number of aryl methyl sites for hydroxylation is 1. The zero-order chi connectivity index (χ0) is 16.7. The second-order valence-corrected chi connectivity index (χ2v) is 8.68. The van der Waals surface area contributed by atoms with Crippen LogP contribution in [0.5, 0.6) is 0 Å². The predicted molar refractivity (Wildman–Crippen MR) is 92.1 cm³/mol. The fourth-order valence-electron chi connectivity index (χ4n) is 3.44. The number of fused-ring (bicyclic) bond motifs is 2. The van der Waals surface area contributed by atoms with Gasteiger partial charge in [0.1, 0.15) is 5.60 Å². The number of rotatable bonds is 1. The van der Waals surface area contributed by atoms with Gasteiger partial charge >= 0.3 is 6.09 Å². The van der Waals surface area contributed by atoms with E-state index in [4.69, 9.17) is 9.47 Å². The summed E-state index contributed by atoms with van der Waals surface area (Å²) in [7, 11) is 0. The normalized spacial score (nSPS) is 20.4. The van der Waals surface area contributed by atoms with Crippen LogP contribution in [-0.2, 0) is 27.9 Å². The van der Waals surface area contributed by atoms with Gasteiger partial charge in [-0.1, -0.05) is 6.92 Å². The third-order valence-corrected chi connectivity index (χ3v) is 5.97. The molecule has 4 nitrogen and oxygen atoms in total. The molecule has 0 unspecified atom stereocenters. The van der Waals surface area contributed by atoms with E-state index in [2.05, 4.69) is 13.0 Å². The van der Waals surface area contributed by atoms with Crippen molar-refractivity contribution < 1.29 is 14.3 Å². The van der Waals surface area contributed by atoms with Gasteiger partial charge in [-0.2, -0.15) is 0 Å². The highest BCUT2D eigenvalue weighted by atomic mass is 32.1. The lowest BCUT2D eigenvalue weighted by atomic mass is 9.82. The molecule has 2 aliphatic rings. The molecule has 23 heavy (non-hydrogen) atoms. The van der Waals surface area contributed by atoms with Crippen LogP contribution in [0.4, 0.5) is 4.79 Å². The van der Waals surface area contributed by atoms with Crippen molar-refractivity contribution in [2.45, 2.75) is 64.6 Å². The summed E-state index contributed by atoms with van der Waals surface area (Å²) in [5.41, 5.74) is 0.759. The average Bonchev–Trinajstić information content (AvgIpc) is 2.91. The molecule has 128 valence electrons. The maximum absolute atomic E-state index is 12.2. The van der Waals surface area contributed by atoms with E-state index in [0.717, 1.165) is 32.3 Å². The van der Waals surface area contributed by atoms with Crippen molar-refractivity contribution in [2.75, 3.05) is 19.7 Å². The molecule has 0 aromatic carbocycles. The summed E-state index contributed by atoms with van der Waals surface area (Å²) >= 11 is 1.93. The van der Waals surface area contributed by atoms with E-state index in [1.165, 1.54) is 15.3 Å². The van der Waals surface area contributed by atoms with Gasteiger partial charge in [0.25, 0.3) is 0 Å². The maximum Gasteiger partial charge on any atom is 0.410 e. The summed E-state index contributed by atoms with van der Waals surface area (Å²) in [6.45, 7) is 10.1. The molecule has 0 bridgehead atoms. The molecule has 1 amide bonds. The van der Waals surface area contributed by atoms with Crippen molar-refractivity contribution in [1.82, 2.24) is 4.90 Å². The van der Waals surface area contributed by atoms with E-state index >= 15 is 0 Å². The first kappa shape index (κ1) is 16.8. The fraction of sp³-hybridized carbons (Fsp3) is 0.722. The van der Waals surface area contributed by atoms with Gasteiger partial charge in [-0.25, -0.2) is 4.79 Å². The Kier molecular flexibility index (Phi) is 4.45. The molecule has 2 aliphatic heterocycles. The van der Waals surface area contributed by atoms with E-state index in [1.54, 1.807) is 0 Å². The van der Waals surface area contributed by atoms with Crippen LogP contribution in [-0.4, -0.2) is 36.3 Å². The number of carbonyl (C=O) groups is 1. The summed E-state index contributed by atoms with van der Waals surface area (Å²) in [6.07, 6.45) is 3.62. The van der Waals surface area contributed by atoms with Crippen molar-refractivity contribution in [3.63, 3.8) is 0 Å². The second-order valence-electron chi connectivity index (χ2n) is 7.46. The third-order valence-electron chi connectivity index (χ3n) is 4.63. The minimum atomic E-state index is -0.440. The quantitative estimate of drug-likeness (QED) is 0.774. The van der Waals surface area contributed by atoms with Crippen molar-refractivity contribution in [1.29, 1.82) is 0 Å². The van der Waals surface area contributed by atoms with Gasteiger partial charge in [0.05, 0.1) is 12.2 Å². The first-order valence-corrected chi connectivity index (χ1v) is 9.38. The Morgan fingerprint density at radius 1 is 1.39 bits per heavy atom. The van der Waals surface area contributed by atoms with Gasteiger partial charge in [0, 0.05) is 29.3 Å². The standard InChI is InChI=1S/C18H27NO3S/c1-5-13-12-14-15(23-13)6-11-21-18(14)7-9-19(10-8-18)16(20)22-17(2,3)4/h12H,5-11H2,1-4H3. The van der Waals surface area contributed by atoms with E-state index in [0.29, 0.717) is 13.1 Å². The largest absolute Gasteiger partial charge is 0.444 e. The number of piperidine rings is 1. The Balaban J connectivity index is 1.72. The van der Waals surface area contributed by atoms with E-state index < -0.39 is 5.60 Å². The number of hydrogen-bond donors (Lipinski definition) is 0. The molecule has 1 saturated heterocycles. The van der Waals surface area contributed by atoms with Crippen molar-refractivity contribution >= 4 is 17.4 Å². The molecular formula is C18H27NO3S. The van der Waals surface area contributed by atoms with E-state index in [9.17, 15) is 4.79 Å². The summed E-state index contributed by atoms with van der Waals surface area (Å²) in [6, 6.07) is 2.34. The lowest BCUT2D eigenvalue weighted by Gasteiger charge is -2.44. The van der Waals surface area contributed by atoms with Crippen LogP contribution in [0, 0.1) is 0 Å². The van der Waals surface area contributed by atoms with Gasteiger partial charge in [0.2, 0.25) is 0 Å². The van der Waals surface area contributed by atoms with Crippen LogP contribution in [0.25, 0.3) is 0 Å². The lowest BCUT2D eigenvalue weighted by Crippen LogP contribution is -2.49. The number of hydrogen-bond acceptors (Lipinski definition) is 4. The van der Waals surface area contributed by atoms with Gasteiger partial charge in [-0.3, -0.25) is 0 Å². The molecule has 1 aromatic rings. The Bertz CT molecular complexity index is 580. The SMILES string of the molecule is CCc1cc2c(s1)CCOC21CCN(C(=O)OC(C)(C)C)CC1. The molecule has 1 spiro atoms. The molecule has 3 heterocycles. The molecule has 1 fully saturated rings. The lowest BCUT2D eigenvalue weighted by molar-refractivity contribution is -0.0969. The first-order valence-electron chi connectivity index (χ1n) is 8.57. The summed E-state index contributed by atoms with van der Waals surface area (Å²) in [5.74, 6) is 0. The van der Waals surface area contributed by atoms with Gasteiger partial charge in [-0.05, 0) is 51.7 Å². The van der Waals surface area contributed by atoms with Gasteiger partial charge < -0.3 is 14.4 Å². The van der Waals surface area contributed by atoms with E-state index in [-0.39, 0.29) is 11.7 Å². The maximum atomic E-state index is 12.2. The van der Waals surface area contributed by atoms with Crippen LogP contribution in [0.1, 0.15) is 55.9 Å². The van der Waals surface area contributed by atoms with Gasteiger partial charge in [0.15, 0.2) is 0 Å². The predicted octanol–water partition coefficient (Wildman–Crippen LogP) is 4.11. The minimum absolute atomic E-state index is 0.185. The van der Waals surface area contributed by atoms with Crippen LogP contribution in [0.3, 0.4) is 0 Å². The van der Waals surface area contributed by atoms with Crippen LogP contribution in [0.15, 0.2) is 6.07 Å². The summed E-state index contributed by atoms with van der Waals surface area (Å²) in [5, 5.41) is 0. The molecule has 0 radical (unpaired) electrons. The zero-order valence-electron chi connectivity index (χ0n) is 14.6. The molecule has 1 aromatic heterocycles.